The van der Waals surface area contributed by atoms with Gasteiger partial charge in [0.05, 0.1) is 30.6 Å². The Labute approximate surface area is 179 Å². The lowest BCUT2D eigenvalue weighted by Crippen LogP contribution is -2.57. The molecule has 0 N–H and O–H groups in total. The number of piperidine rings is 1. The van der Waals surface area contributed by atoms with Crippen molar-refractivity contribution in [3.8, 4) is 5.69 Å². The quantitative estimate of drug-likeness (QED) is 0.639. The van der Waals surface area contributed by atoms with Crippen molar-refractivity contribution in [1.82, 2.24) is 29.8 Å². The van der Waals surface area contributed by atoms with Crippen molar-refractivity contribution in [3.63, 3.8) is 0 Å². The van der Waals surface area contributed by atoms with E-state index in [9.17, 15) is 4.79 Å². The molecule has 1 aromatic carbocycles. The monoisotopic (exact) mass is 424 g/mol. The SMILES string of the molecule is O=C(c1cn(-c2ccccc2)nn1)N1CCC2(CC1)CN(Cc1nccs1)CCO2. The van der Waals surface area contributed by atoms with Gasteiger partial charge in [-0.3, -0.25) is 9.69 Å². The summed E-state index contributed by atoms with van der Waals surface area (Å²) in [5.74, 6) is -0.0671. The van der Waals surface area contributed by atoms with Crippen LogP contribution in [0, 0.1) is 0 Å². The van der Waals surface area contributed by atoms with Gasteiger partial charge in [0.1, 0.15) is 5.01 Å². The standard InChI is InChI=1S/C21H24N6O2S/c28-20(18-14-27(24-23-18)17-4-2-1-3-5-17)26-9-6-21(7-10-26)16-25(11-12-29-21)15-19-22-8-13-30-19/h1-5,8,13-14H,6-7,9-12,15-16H2. The molecule has 0 saturated carbocycles. The van der Waals surface area contributed by atoms with Crippen LogP contribution in [0.15, 0.2) is 48.1 Å². The maximum absolute atomic E-state index is 12.9. The maximum Gasteiger partial charge on any atom is 0.276 e. The minimum Gasteiger partial charge on any atom is -0.372 e. The first kappa shape index (κ1) is 19.3. The minimum absolute atomic E-state index is 0.0671. The van der Waals surface area contributed by atoms with Crippen LogP contribution in [0.3, 0.4) is 0 Å². The van der Waals surface area contributed by atoms with Crippen molar-refractivity contribution < 1.29 is 9.53 Å². The third-order valence-electron chi connectivity index (χ3n) is 5.86. The molecular formula is C21H24N6O2S. The molecule has 9 heteroatoms. The van der Waals surface area contributed by atoms with E-state index in [2.05, 4.69) is 20.2 Å². The topological polar surface area (TPSA) is 76.4 Å². The molecule has 2 saturated heterocycles. The molecule has 5 rings (SSSR count). The summed E-state index contributed by atoms with van der Waals surface area (Å²) < 4.78 is 7.86. The highest BCUT2D eigenvalue weighted by Gasteiger charge is 2.41. The van der Waals surface area contributed by atoms with E-state index < -0.39 is 0 Å². The van der Waals surface area contributed by atoms with Crippen molar-refractivity contribution in [2.75, 3.05) is 32.8 Å². The lowest BCUT2D eigenvalue weighted by atomic mass is 9.89. The van der Waals surface area contributed by atoms with Gasteiger partial charge in [0.2, 0.25) is 0 Å². The molecule has 2 aliphatic rings. The van der Waals surface area contributed by atoms with Crippen molar-refractivity contribution in [1.29, 1.82) is 0 Å². The van der Waals surface area contributed by atoms with Crippen LogP contribution in [0.25, 0.3) is 5.69 Å². The summed E-state index contributed by atoms with van der Waals surface area (Å²) in [6.07, 6.45) is 5.23. The molecule has 156 valence electrons. The number of carbonyl (C=O) groups is 1. The average molecular weight is 425 g/mol. The van der Waals surface area contributed by atoms with Crippen LogP contribution in [0.1, 0.15) is 28.3 Å². The summed E-state index contributed by atoms with van der Waals surface area (Å²) in [5.41, 5.74) is 1.09. The number of ether oxygens (including phenoxy) is 1. The zero-order valence-corrected chi connectivity index (χ0v) is 17.5. The number of likely N-dealkylation sites (tertiary alicyclic amines) is 1. The number of para-hydroxylation sites is 1. The number of amides is 1. The number of benzene rings is 1. The molecule has 2 aliphatic heterocycles. The van der Waals surface area contributed by atoms with Crippen LogP contribution >= 0.6 is 11.3 Å². The Morgan fingerprint density at radius 1 is 1.17 bits per heavy atom. The van der Waals surface area contributed by atoms with E-state index in [-0.39, 0.29) is 11.5 Å². The maximum atomic E-state index is 12.9. The number of hydrogen-bond acceptors (Lipinski definition) is 7. The number of thiazole rings is 1. The van der Waals surface area contributed by atoms with Gasteiger partial charge in [-0.15, -0.1) is 16.4 Å². The second-order valence-corrected chi connectivity index (χ2v) is 8.82. The smallest absolute Gasteiger partial charge is 0.276 e. The van der Waals surface area contributed by atoms with Crippen LogP contribution in [-0.2, 0) is 11.3 Å². The van der Waals surface area contributed by atoms with E-state index in [1.807, 2.05) is 46.8 Å². The molecule has 30 heavy (non-hydrogen) atoms. The lowest BCUT2D eigenvalue weighted by Gasteiger charge is -2.47. The zero-order chi connectivity index (χ0) is 20.4. The van der Waals surface area contributed by atoms with E-state index in [1.165, 1.54) is 0 Å². The molecule has 1 spiro atoms. The lowest BCUT2D eigenvalue weighted by molar-refractivity contribution is -0.134. The van der Waals surface area contributed by atoms with Gasteiger partial charge < -0.3 is 9.64 Å². The normalized spacial score (nSPS) is 19.3. The number of aromatic nitrogens is 4. The molecule has 4 heterocycles. The molecule has 0 atom stereocenters. The summed E-state index contributed by atoms with van der Waals surface area (Å²) in [6.45, 7) is 4.74. The summed E-state index contributed by atoms with van der Waals surface area (Å²) in [6, 6.07) is 9.69. The summed E-state index contributed by atoms with van der Waals surface area (Å²) in [4.78, 5) is 21.6. The first-order chi connectivity index (χ1) is 14.7. The van der Waals surface area contributed by atoms with E-state index in [4.69, 9.17) is 4.74 Å². The molecular weight excluding hydrogens is 400 g/mol. The fraction of sp³-hybridized carbons (Fsp3) is 0.429. The third kappa shape index (κ3) is 4.00. The predicted octanol–water partition coefficient (Wildman–Crippen LogP) is 2.23. The Kier molecular flexibility index (Phi) is 5.32. The molecule has 1 amide bonds. The predicted molar refractivity (Wildman–Crippen MR) is 113 cm³/mol. The van der Waals surface area contributed by atoms with Crippen molar-refractivity contribution in [3.05, 3.63) is 58.8 Å². The minimum atomic E-state index is -0.173. The first-order valence-electron chi connectivity index (χ1n) is 10.2. The van der Waals surface area contributed by atoms with Gasteiger partial charge in [-0.1, -0.05) is 23.4 Å². The molecule has 0 radical (unpaired) electrons. The molecule has 0 unspecified atom stereocenters. The van der Waals surface area contributed by atoms with Crippen LogP contribution in [0.4, 0.5) is 0 Å². The number of carbonyl (C=O) groups excluding carboxylic acids is 1. The van der Waals surface area contributed by atoms with E-state index in [0.29, 0.717) is 18.8 Å². The molecule has 2 fully saturated rings. The van der Waals surface area contributed by atoms with Crippen LogP contribution in [0.2, 0.25) is 0 Å². The van der Waals surface area contributed by atoms with Crippen molar-refractivity contribution >= 4 is 17.2 Å². The van der Waals surface area contributed by atoms with E-state index in [0.717, 1.165) is 49.8 Å². The Balaban J connectivity index is 1.20. The van der Waals surface area contributed by atoms with Gasteiger partial charge in [-0.05, 0) is 25.0 Å². The zero-order valence-electron chi connectivity index (χ0n) is 16.7. The number of nitrogens with zero attached hydrogens (tertiary/aromatic N) is 6. The average Bonchev–Trinajstić information content (AvgIpc) is 3.47. The highest BCUT2D eigenvalue weighted by atomic mass is 32.1. The first-order valence-corrected chi connectivity index (χ1v) is 11.1. The van der Waals surface area contributed by atoms with Crippen LogP contribution in [-0.4, -0.2) is 74.1 Å². The molecule has 3 aromatic rings. The van der Waals surface area contributed by atoms with Crippen LogP contribution < -0.4 is 0 Å². The van der Waals surface area contributed by atoms with Gasteiger partial charge in [-0.25, -0.2) is 9.67 Å². The third-order valence-corrected chi connectivity index (χ3v) is 6.63. The fourth-order valence-electron chi connectivity index (χ4n) is 4.23. The summed E-state index contributed by atoms with van der Waals surface area (Å²) >= 11 is 1.69. The summed E-state index contributed by atoms with van der Waals surface area (Å²) in [5, 5.41) is 11.4. The Morgan fingerprint density at radius 2 is 2.00 bits per heavy atom. The Morgan fingerprint density at radius 3 is 2.77 bits per heavy atom. The molecule has 0 bridgehead atoms. The summed E-state index contributed by atoms with van der Waals surface area (Å²) in [7, 11) is 0. The largest absolute Gasteiger partial charge is 0.372 e. The second-order valence-electron chi connectivity index (χ2n) is 7.84. The van der Waals surface area contributed by atoms with Gasteiger partial charge in [0, 0.05) is 37.8 Å². The Hall–Kier alpha value is -2.62. The van der Waals surface area contributed by atoms with Crippen molar-refractivity contribution in [2.24, 2.45) is 0 Å². The molecule has 0 aliphatic carbocycles. The highest BCUT2D eigenvalue weighted by Crippen LogP contribution is 2.31. The molecule has 2 aromatic heterocycles. The Bertz CT molecular complexity index is 982. The number of hydrogen-bond donors (Lipinski definition) is 0. The second kappa shape index (κ2) is 8.25. The fourth-order valence-corrected chi connectivity index (χ4v) is 4.89. The van der Waals surface area contributed by atoms with Gasteiger partial charge in [0.25, 0.3) is 5.91 Å². The number of morpholine rings is 1. The van der Waals surface area contributed by atoms with Gasteiger partial charge in [0.15, 0.2) is 5.69 Å². The van der Waals surface area contributed by atoms with Gasteiger partial charge in [-0.2, -0.15) is 0 Å². The van der Waals surface area contributed by atoms with Crippen LogP contribution in [0.5, 0.6) is 0 Å². The highest BCUT2D eigenvalue weighted by molar-refractivity contribution is 7.09. The van der Waals surface area contributed by atoms with Crippen molar-refractivity contribution in [2.45, 2.75) is 25.0 Å². The van der Waals surface area contributed by atoms with E-state index >= 15 is 0 Å². The van der Waals surface area contributed by atoms with Gasteiger partial charge >= 0.3 is 0 Å². The number of rotatable bonds is 4. The molecule has 8 nitrogen and oxygen atoms in total. The van der Waals surface area contributed by atoms with E-state index in [1.54, 1.807) is 22.2 Å².